The van der Waals surface area contributed by atoms with Gasteiger partial charge in [-0.2, -0.15) is 0 Å². The lowest BCUT2D eigenvalue weighted by atomic mass is 10.0. The summed E-state index contributed by atoms with van der Waals surface area (Å²) in [5, 5.41) is 0. The Morgan fingerprint density at radius 1 is 0.529 bits per heavy atom. The van der Waals surface area contributed by atoms with Gasteiger partial charge in [-0.3, -0.25) is 9.97 Å². The second kappa shape index (κ2) is 18.6. The van der Waals surface area contributed by atoms with Gasteiger partial charge in [0.05, 0.1) is 24.3 Å². The van der Waals surface area contributed by atoms with E-state index < -0.39 is 0 Å². The summed E-state index contributed by atoms with van der Waals surface area (Å²) < 4.78 is 10.5. The maximum Gasteiger partial charge on any atom is 0.339 e. The number of rotatable bonds is 19. The Bertz CT molecular complexity index is 716. The fourth-order valence-electron chi connectivity index (χ4n) is 3.79. The number of aromatic nitrogens is 2. The van der Waals surface area contributed by atoms with Crippen LogP contribution in [-0.4, -0.2) is 35.1 Å². The molecule has 0 unspecified atom stereocenters. The number of pyridine rings is 2. The van der Waals surface area contributed by atoms with Crippen LogP contribution in [0.3, 0.4) is 0 Å². The highest BCUT2D eigenvalue weighted by Gasteiger charge is 2.06. The van der Waals surface area contributed by atoms with E-state index in [-0.39, 0.29) is 11.9 Å². The van der Waals surface area contributed by atoms with Crippen molar-refractivity contribution in [2.75, 3.05) is 13.2 Å². The Morgan fingerprint density at radius 2 is 0.853 bits per heavy atom. The predicted molar refractivity (Wildman–Crippen MR) is 134 cm³/mol. The van der Waals surface area contributed by atoms with Crippen LogP contribution in [-0.2, 0) is 9.47 Å². The fraction of sp³-hybridized carbons (Fsp3) is 0.571. The smallest absolute Gasteiger partial charge is 0.339 e. The number of nitrogens with zero attached hydrogens (tertiary/aromatic N) is 2. The van der Waals surface area contributed by atoms with Gasteiger partial charge in [-0.25, -0.2) is 9.59 Å². The van der Waals surface area contributed by atoms with Gasteiger partial charge in [0.2, 0.25) is 0 Å². The van der Waals surface area contributed by atoms with Gasteiger partial charge >= 0.3 is 11.9 Å². The summed E-state index contributed by atoms with van der Waals surface area (Å²) >= 11 is 0. The Kier molecular flexibility index (Phi) is 15.1. The zero-order valence-corrected chi connectivity index (χ0v) is 20.5. The van der Waals surface area contributed by atoms with Gasteiger partial charge in [-0.1, -0.05) is 77.0 Å². The van der Waals surface area contributed by atoms with E-state index in [1.54, 1.807) is 36.7 Å². The Morgan fingerprint density at radius 3 is 1.15 bits per heavy atom. The Hall–Kier alpha value is -2.76. The maximum absolute atomic E-state index is 11.8. The summed E-state index contributed by atoms with van der Waals surface area (Å²) in [6, 6.07) is 6.93. The van der Waals surface area contributed by atoms with Crippen LogP contribution in [0.5, 0.6) is 0 Å². The lowest BCUT2D eigenvalue weighted by Gasteiger charge is -2.05. The van der Waals surface area contributed by atoms with Crippen LogP contribution >= 0.6 is 0 Å². The fourth-order valence-corrected chi connectivity index (χ4v) is 3.79. The third-order valence-corrected chi connectivity index (χ3v) is 5.80. The van der Waals surface area contributed by atoms with E-state index in [0.717, 1.165) is 25.7 Å². The van der Waals surface area contributed by atoms with Gasteiger partial charge in [-0.05, 0) is 37.1 Å². The molecule has 6 nitrogen and oxygen atoms in total. The molecule has 0 spiro atoms. The highest BCUT2D eigenvalue weighted by Crippen LogP contribution is 2.13. The molecule has 0 N–H and O–H groups in total. The molecule has 0 fully saturated rings. The molecule has 0 atom stereocenters. The summed E-state index contributed by atoms with van der Waals surface area (Å²) in [6.07, 6.45) is 23.3. The molecule has 6 heteroatoms. The van der Waals surface area contributed by atoms with Crippen molar-refractivity contribution in [1.82, 2.24) is 9.97 Å². The number of hydrogen-bond donors (Lipinski definition) is 0. The highest BCUT2D eigenvalue weighted by atomic mass is 16.5. The third-order valence-electron chi connectivity index (χ3n) is 5.80. The molecule has 0 saturated carbocycles. The molecule has 186 valence electrons. The molecule has 0 aliphatic rings. The van der Waals surface area contributed by atoms with Gasteiger partial charge in [0.1, 0.15) is 0 Å². The molecular weight excluding hydrogens is 428 g/mol. The summed E-state index contributed by atoms with van der Waals surface area (Å²) in [5.74, 6) is -0.564. The van der Waals surface area contributed by atoms with Crippen LogP contribution in [0.4, 0.5) is 0 Å². The second-order valence-corrected chi connectivity index (χ2v) is 8.70. The van der Waals surface area contributed by atoms with Crippen molar-refractivity contribution in [1.29, 1.82) is 0 Å². The van der Waals surface area contributed by atoms with Crippen molar-refractivity contribution >= 4 is 11.9 Å². The van der Waals surface area contributed by atoms with E-state index in [1.807, 2.05) is 0 Å². The quantitative estimate of drug-likeness (QED) is 0.164. The van der Waals surface area contributed by atoms with E-state index in [9.17, 15) is 9.59 Å². The van der Waals surface area contributed by atoms with Gasteiger partial charge in [0, 0.05) is 24.8 Å². The molecule has 0 bridgehead atoms. The zero-order valence-electron chi connectivity index (χ0n) is 20.5. The number of carbonyl (C=O) groups is 2. The number of hydrogen-bond acceptors (Lipinski definition) is 6. The first-order chi connectivity index (χ1) is 16.8. The van der Waals surface area contributed by atoms with Gasteiger partial charge < -0.3 is 9.47 Å². The summed E-state index contributed by atoms with van der Waals surface area (Å²) in [6.45, 7) is 0.981. The Labute approximate surface area is 204 Å². The van der Waals surface area contributed by atoms with Crippen molar-refractivity contribution in [2.24, 2.45) is 0 Å². The van der Waals surface area contributed by atoms with Crippen molar-refractivity contribution < 1.29 is 19.1 Å². The number of esters is 2. The van der Waals surface area contributed by atoms with E-state index in [1.165, 1.54) is 76.6 Å². The molecular formula is C28H40N2O4. The predicted octanol–water partition coefficient (Wildman–Crippen LogP) is 6.95. The van der Waals surface area contributed by atoms with Crippen molar-refractivity contribution in [3.05, 3.63) is 60.2 Å². The number of carbonyl (C=O) groups excluding carboxylic acids is 2. The van der Waals surface area contributed by atoms with Crippen molar-refractivity contribution in [3.63, 3.8) is 0 Å². The lowest BCUT2D eigenvalue weighted by Crippen LogP contribution is -2.06. The minimum absolute atomic E-state index is 0.282. The minimum atomic E-state index is -0.282. The van der Waals surface area contributed by atoms with Crippen LogP contribution in [0.1, 0.15) is 111 Å². The van der Waals surface area contributed by atoms with E-state index in [0.29, 0.717) is 24.3 Å². The third kappa shape index (κ3) is 13.1. The topological polar surface area (TPSA) is 78.4 Å². The summed E-state index contributed by atoms with van der Waals surface area (Å²) in [7, 11) is 0. The monoisotopic (exact) mass is 468 g/mol. The van der Waals surface area contributed by atoms with Crippen molar-refractivity contribution in [2.45, 2.75) is 89.9 Å². The average Bonchev–Trinajstić information content (AvgIpc) is 2.88. The molecule has 0 aliphatic carbocycles. The zero-order chi connectivity index (χ0) is 24.1. The maximum atomic E-state index is 11.8. The largest absolute Gasteiger partial charge is 0.462 e. The SMILES string of the molecule is O=C(OCCCCCCCCCCCCCCCCOC(=O)c1cccnc1)c1cccnc1. The van der Waals surface area contributed by atoms with E-state index in [2.05, 4.69) is 9.97 Å². The molecule has 0 aromatic carbocycles. The van der Waals surface area contributed by atoms with Gasteiger partial charge in [-0.15, -0.1) is 0 Å². The molecule has 34 heavy (non-hydrogen) atoms. The van der Waals surface area contributed by atoms with Gasteiger partial charge in [0.15, 0.2) is 0 Å². The normalized spacial score (nSPS) is 10.7. The van der Waals surface area contributed by atoms with Crippen LogP contribution in [0.2, 0.25) is 0 Å². The summed E-state index contributed by atoms with van der Waals surface area (Å²) in [5.41, 5.74) is 1.03. The molecule has 0 amide bonds. The number of unbranched alkanes of at least 4 members (excludes halogenated alkanes) is 13. The van der Waals surface area contributed by atoms with Gasteiger partial charge in [0.25, 0.3) is 0 Å². The van der Waals surface area contributed by atoms with E-state index >= 15 is 0 Å². The molecule has 2 heterocycles. The first-order valence-electron chi connectivity index (χ1n) is 12.9. The molecule has 0 aliphatic heterocycles. The summed E-state index contributed by atoms with van der Waals surface area (Å²) in [4.78, 5) is 31.4. The lowest BCUT2D eigenvalue weighted by molar-refractivity contribution is 0.0488. The van der Waals surface area contributed by atoms with Crippen LogP contribution in [0.15, 0.2) is 49.1 Å². The standard InChI is InChI=1S/C28H40N2O4/c31-27(25-17-15-19-29-23-25)33-21-13-11-9-7-5-3-1-2-4-6-8-10-12-14-22-34-28(32)26-18-16-20-30-24-26/h15-20,23-24H,1-14,21-22H2. The first kappa shape index (κ1) is 27.5. The van der Waals surface area contributed by atoms with Crippen LogP contribution < -0.4 is 0 Å². The van der Waals surface area contributed by atoms with E-state index in [4.69, 9.17) is 9.47 Å². The molecule has 2 aromatic rings. The number of ether oxygens (including phenoxy) is 2. The van der Waals surface area contributed by atoms with Crippen molar-refractivity contribution in [3.8, 4) is 0 Å². The second-order valence-electron chi connectivity index (χ2n) is 8.70. The first-order valence-corrected chi connectivity index (χ1v) is 12.9. The van der Waals surface area contributed by atoms with Crippen LogP contribution in [0.25, 0.3) is 0 Å². The Balaban J connectivity index is 1.26. The van der Waals surface area contributed by atoms with Crippen LogP contribution in [0, 0.1) is 0 Å². The minimum Gasteiger partial charge on any atom is -0.462 e. The molecule has 2 aromatic heterocycles. The molecule has 0 radical (unpaired) electrons. The highest BCUT2D eigenvalue weighted by molar-refractivity contribution is 5.89. The molecule has 0 saturated heterocycles. The molecule has 2 rings (SSSR count). The average molecular weight is 469 g/mol.